The van der Waals surface area contributed by atoms with Crippen LogP contribution in [0.3, 0.4) is 0 Å². The van der Waals surface area contributed by atoms with Crippen LogP contribution in [0.25, 0.3) is 0 Å². The van der Waals surface area contributed by atoms with Crippen molar-refractivity contribution in [3.05, 3.63) is 93.2 Å². The number of hydrogen-bond acceptors (Lipinski definition) is 5. The summed E-state index contributed by atoms with van der Waals surface area (Å²) in [7, 11) is -3.98. The Morgan fingerprint density at radius 1 is 1.04 bits per heavy atom. The Labute approximate surface area is 168 Å². The molecule has 1 aromatic heterocycles. The summed E-state index contributed by atoms with van der Waals surface area (Å²) in [6, 6.07) is 18.5. The summed E-state index contributed by atoms with van der Waals surface area (Å²) in [4.78, 5) is 13.0. The Balaban J connectivity index is 1.74. The maximum Gasteiger partial charge on any atom is 0.270 e. The first-order valence-electron chi connectivity index (χ1n) is 8.69. The van der Waals surface area contributed by atoms with E-state index in [1.54, 1.807) is 11.4 Å². The van der Waals surface area contributed by atoms with E-state index in [0.29, 0.717) is 16.3 Å². The summed E-state index contributed by atoms with van der Waals surface area (Å²) in [5, 5.41) is 4.69. The highest BCUT2D eigenvalue weighted by Gasteiger charge is 2.41. The fourth-order valence-corrected chi connectivity index (χ4v) is 5.49. The standard InChI is InChI=1S/C21H18N2O3S2/c1-15-7-9-17(10-8-15)22-13-19-20(24)21-18(11-12-27-21)23(28(19,25)26)14-16-5-3-2-4-6-16/h2-13,22H,14H2,1H3/b19-13-. The second-order valence-electron chi connectivity index (χ2n) is 6.48. The summed E-state index contributed by atoms with van der Waals surface area (Å²) < 4.78 is 27.8. The summed E-state index contributed by atoms with van der Waals surface area (Å²) in [6.07, 6.45) is 1.29. The lowest BCUT2D eigenvalue weighted by molar-refractivity contribution is 0.104. The molecule has 0 amide bonds. The minimum Gasteiger partial charge on any atom is -0.360 e. The predicted molar refractivity (Wildman–Crippen MR) is 113 cm³/mol. The first-order chi connectivity index (χ1) is 13.5. The smallest absolute Gasteiger partial charge is 0.270 e. The van der Waals surface area contributed by atoms with Crippen molar-refractivity contribution >= 4 is 38.5 Å². The van der Waals surface area contributed by atoms with E-state index in [0.717, 1.165) is 11.1 Å². The molecule has 0 atom stereocenters. The zero-order chi connectivity index (χ0) is 19.7. The lowest BCUT2D eigenvalue weighted by Crippen LogP contribution is -2.38. The Bertz CT molecular complexity index is 1150. The first-order valence-corrected chi connectivity index (χ1v) is 11.0. The molecular weight excluding hydrogens is 392 g/mol. The van der Waals surface area contributed by atoms with Crippen molar-refractivity contribution in [3.8, 4) is 0 Å². The van der Waals surface area contributed by atoms with Gasteiger partial charge in [-0.25, -0.2) is 8.42 Å². The Hall–Kier alpha value is -2.90. The molecule has 1 N–H and O–H groups in total. The number of anilines is 2. The van der Waals surface area contributed by atoms with E-state index in [9.17, 15) is 13.2 Å². The van der Waals surface area contributed by atoms with Gasteiger partial charge in [-0.1, -0.05) is 48.0 Å². The molecule has 0 unspecified atom stereocenters. The third-order valence-electron chi connectivity index (χ3n) is 4.50. The molecule has 0 fully saturated rings. The van der Waals surface area contributed by atoms with E-state index in [4.69, 9.17) is 0 Å². The molecule has 3 aromatic rings. The Morgan fingerprint density at radius 3 is 2.46 bits per heavy atom. The van der Waals surface area contributed by atoms with Gasteiger partial charge in [0, 0.05) is 11.9 Å². The lowest BCUT2D eigenvalue weighted by Gasteiger charge is -2.29. The number of carbonyl (C=O) groups excluding carboxylic acids is 1. The molecule has 5 nitrogen and oxygen atoms in total. The molecule has 28 heavy (non-hydrogen) atoms. The number of allylic oxidation sites excluding steroid dienone is 1. The molecule has 0 aliphatic carbocycles. The van der Waals surface area contributed by atoms with Gasteiger partial charge in [-0.2, -0.15) is 0 Å². The molecule has 0 radical (unpaired) electrons. The molecule has 1 aliphatic heterocycles. The number of nitrogens with zero attached hydrogens (tertiary/aromatic N) is 1. The number of benzene rings is 2. The van der Waals surface area contributed by atoms with Gasteiger partial charge >= 0.3 is 0 Å². The second-order valence-corrected chi connectivity index (χ2v) is 9.23. The molecule has 142 valence electrons. The van der Waals surface area contributed by atoms with Gasteiger partial charge in [-0.05, 0) is 36.1 Å². The highest BCUT2D eigenvalue weighted by atomic mass is 32.2. The number of nitrogens with one attached hydrogen (secondary N) is 1. The Kier molecular flexibility index (Phi) is 4.78. The Morgan fingerprint density at radius 2 is 1.75 bits per heavy atom. The van der Waals surface area contributed by atoms with Crippen LogP contribution in [0.5, 0.6) is 0 Å². The summed E-state index contributed by atoms with van der Waals surface area (Å²) in [6.45, 7) is 2.14. The topological polar surface area (TPSA) is 66.5 Å². The fraction of sp³-hybridized carbons (Fsp3) is 0.0952. The van der Waals surface area contributed by atoms with Crippen molar-refractivity contribution in [1.82, 2.24) is 0 Å². The number of Topliss-reactive ketones (excluding diaryl/α,β-unsaturated/α-hetero) is 1. The van der Waals surface area contributed by atoms with Gasteiger partial charge in [0.1, 0.15) is 4.88 Å². The largest absolute Gasteiger partial charge is 0.360 e. The minimum atomic E-state index is -3.98. The van der Waals surface area contributed by atoms with Gasteiger partial charge in [-0.3, -0.25) is 9.10 Å². The number of aryl methyl sites for hydroxylation is 1. The van der Waals surface area contributed by atoms with Crippen molar-refractivity contribution in [2.75, 3.05) is 9.62 Å². The van der Waals surface area contributed by atoms with Crippen LogP contribution in [0.2, 0.25) is 0 Å². The van der Waals surface area contributed by atoms with E-state index >= 15 is 0 Å². The maximum absolute atomic E-state index is 13.3. The lowest BCUT2D eigenvalue weighted by atomic mass is 10.2. The number of sulfonamides is 1. The normalized spacial score (nSPS) is 16.8. The van der Waals surface area contributed by atoms with Crippen molar-refractivity contribution in [3.63, 3.8) is 0 Å². The number of thiophene rings is 1. The molecule has 4 rings (SSSR count). The highest BCUT2D eigenvalue weighted by molar-refractivity contribution is 7.97. The third kappa shape index (κ3) is 3.34. The molecule has 2 heterocycles. The van der Waals surface area contributed by atoms with Gasteiger partial charge in [0.05, 0.1) is 12.2 Å². The van der Waals surface area contributed by atoms with Gasteiger partial charge in [0.25, 0.3) is 10.0 Å². The van der Waals surface area contributed by atoms with E-state index in [2.05, 4.69) is 5.32 Å². The van der Waals surface area contributed by atoms with Crippen LogP contribution >= 0.6 is 11.3 Å². The number of carbonyl (C=O) groups is 1. The zero-order valence-corrected chi connectivity index (χ0v) is 16.8. The van der Waals surface area contributed by atoms with Crippen molar-refractivity contribution in [2.45, 2.75) is 13.5 Å². The molecule has 7 heteroatoms. The van der Waals surface area contributed by atoms with E-state index in [1.165, 1.54) is 21.8 Å². The molecular formula is C21H18N2O3S2. The van der Waals surface area contributed by atoms with E-state index in [1.807, 2.05) is 61.5 Å². The van der Waals surface area contributed by atoms with Crippen LogP contribution in [-0.4, -0.2) is 14.2 Å². The van der Waals surface area contributed by atoms with Crippen molar-refractivity contribution in [1.29, 1.82) is 0 Å². The SMILES string of the molecule is Cc1ccc(N/C=C2/C(=O)c3sccc3N(Cc3ccccc3)S2(=O)=O)cc1. The van der Waals surface area contributed by atoms with Gasteiger partial charge < -0.3 is 5.32 Å². The predicted octanol–water partition coefficient (Wildman–Crippen LogP) is 4.54. The molecule has 0 bridgehead atoms. The van der Waals surface area contributed by atoms with Gasteiger partial charge in [0.2, 0.25) is 5.78 Å². The van der Waals surface area contributed by atoms with Gasteiger partial charge in [0.15, 0.2) is 4.91 Å². The van der Waals surface area contributed by atoms with Crippen molar-refractivity contribution in [2.24, 2.45) is 0 Å². The van der Waals surface area contributed by atoms with Crippen LogP contribution in [-0.2, 0) is 16.6 Å². The molecule has 0 spiro atoms. The monoisotopic (exact) mass is 410 g/mol. The van der Waals surface area contributed by atoms with Crippen LogP contribution < -0.4 is 9.62 Å². The van der Waals surface area contributed by atoms with Crippen LogP contribution in [0.1, 0.15) is 20.8 Å². The van der Waals surface area contributed by atoms with Crippen LogP contribution in [0.15, 0.2) is 77.1 Å². The quantitative estimate of drug-likeness (QED) is 0.641. The van der Waals surface area contributed by atoms with Crippen molar-refractivity contribution < 1.29 is 13.2 Å². The fourth-order valence-electron chi connectivity index (χ4n) is 3.00. The maximum atomic E-state index is 13.3. The molecule has 2 aromatic carbocycles. The summed E-state index contributed by atoms with van der Waals surface area (Å²) in [5.74, 6) is -0.478. The number of fused-ring (bicyclic) bond motifs is 1. The minimum absolute atomic E-state index is 0.169. The zero-order valence-electron chi connectivity index (χ0n) is 15.1. The molecule has 0 saturated heterocycles. The third-order valence-corrected chi connectivity index (χ3v) is 7.17. The highest BCUT2D eigenvalue weighted by Crippen LogP contribution is 2.39. The first kappa shape index (κ1) is 18.5. The van der Waals surface area contributed by atoms with Crippen LogP contribution in [0, 0.1) is 6.92 Å². The summed E-state index contributed by atoms with van der Waals surface area (Å²) in [5.41, 5.74) is 3.10. The molecule has 1 aliphatic rings. The van der Waals surface area contributed by atoms with E-state index in [-0.39, 0.29) is 11.4 Å². The van der Waals surface area contributed by atoms with Crippen LogP contribution in [0.4, 0.5) is 11.4 Å². The molecule has 0 saturated carbocycles. The van der Waals surface area contributed by atoms with E-state index < -0.39 is 15.8 Å². The second kappa shape index (κ2) is 7.26. The summed E-state index contributed by atoms with van der Waals surface area (Å²) >= 11 is 1.25. The average molecular weight is 411 g/mol. The average Bonchev–Trinajstić information content (AvgIpc) is 3.17. The number of hydrogen-bond donors (Lipinski definition) is 1. The number of rotatable bonds is 4. The van der Waals surface area contributed by atoms with Gasteiger partial charge in [-0.15, -0.1) is 11.3 Å². The number of ketones is 1.